The number of carbonyl (C=O) groups is 1. The van der Waals surface area contributed by atoms with Gasteiger partial charge in [-0.05, 0) is 55.5 Å². The number of para-hydroxylation sites is 1. The maximum absolute atomic E-state index is 12.0. The van der Waals surface area contributed by atoms with Crippen LogP contribution in [0, 0.1) is 3.57 Å². The minimum atomic E-state index is -0.440. The standard InChI is InChI=1S/C16H22INO3/c1-16(2,3)21-15(19)18-10-8-12(9-11-18)20-14-7-5-4-6-13(14)17/h4-7,12H,8-11H2,1-3H3. The van der Waals surface area contributed by atoms with Crippen LogP contribution in [0.25, 0.3) is 0 Å². The van der Waals surface area contributed by atoms with Crippen LogP contribution >= 0.6 is 22.6 Å². The second kappa shape index (κ2) is 6.85. The molecule has 0 saturated carbocycles. The zero-order valence-corrected chi connectivity index (χ0v) is 14.9. The molecular weight excluding hydrogens is 381 g/mol. The Balaban J connectivity index is 1.83. The Morgan fingerprint density at radius 3 is 2.43 bits per heavy atom. The van der Waals surface area contributed by atoms with Crippen molar-refractivity contribution < 1.29 is 14.3 Å². The van der Waals surface area contributed by atoms with Gasteiger partial charge in [-0.15, -0.1) is 0 Å². The summed E-state index contributed by atoms with van der Waals surface area (Å²) in [6, 6.07) is 8.00. The molecule has 0 aliphatic carbocycles. The van der Waals surface area contributed by atoms with E-state index in [2.05, 4.69) is 22.6 Å². The van der Waals surface area contributed by atoms with E-state index in [9.17, 15) is 4.79 Å². The molecule has 1 saturated heterocycles. The fourth-order valence-corrected chi connectivity index (χ4v) is 2.72. The highest BCUT2D eigenvalue weighted by Crippen LogP contribution is 2.24. The summed E-state index contributed by atoms with van der Waals surface area (Å²) in [5.41, 5.74) is -0.440. The first-order valence-electron chi connectivity index (χ1n) is 7.24. The van der Waals surface area contributed by atoms with Crippen molar-refractivity contribution >= 4 is 28.7 Å². The molecule has 1 aromatic rings. The van der Waals surface area contributed by atoms with Crippen molar-refractivity contribution in [2.45, 2.75) is 45.3 Å². The van der Waals surface area contributed by atoms with Crippen molar-refractivity contribution in [3.05, 3.63) is 27.8 Å². The normalized spacial score (nSPS) is 16.7. The Bertz CT molecular complexity index is 491. The van der Waals surface area contributed by atoms with E-state index in [0.29, 0.717) is 13.1 Å². The summed E-state index contributed by atoms with van der Waals surface area (Å²) in [7, 11) is 0. The number of hydrogen-bond acceptors (Lipinski definition) is 3. The van der Waals surface area contributed by atoms with Crippen LogP contribution in [0.1, 0.15) is 33.6 Å². The van der Waals surface area contributed by atoms with E-state index in [1.807, 2.05) is 45.0 Å². The van der Waals surface area contributed by atoms with Gasteiger partial charge >= 0.3 is 6.09 Å². The molecule has 0 bridgehead atoms. The summed E-state index contributed by atoms with van der Waals surface area (Å²) in [6.45, 7) is 7.03. The molecule has 21 heavy (non-hydrogen) atoms. The van der Waals surface area contributed by atoms with E-state index in [1.165, 1.54) is 0 Å². The highest BCUT2D eigenvalue weighted by atomic mass is 127. The summed E-state index contributed by atoms with van der Waals surface area (Å²) in [5.74, 6) is 0.925. The zero-order valence-electron chi connectivity index (χ0n) is 12.8. The Morgan fingerprint density at radius 2 is 1.86 bits per heavy atom. The molecule has 0 aromatic heterocycles. The Hall–Kier alpha value is -0.980. The number of benzene rings is 1. The van der Waals surface area contributed by atoms with Crippen LogP contribution in [0.3, 0.4) is 0 Å². The first kappa shape index (κ1) is 16.4. The Kier molecular flexibility index (Phi) is 5.35. The summed E-state index contributed by atoms with van der Waals surface area (Å²) in [6.07, 6.45) is 1.61. The molecule has 1 fully saturated rings. The molecule has 0 unspecified atom stereocenters. The lowest BCUT2D eigenvalue weighted by molar-refractivity contribution is 0.0126. The van der Waals surface area contributed by atoms with E-state index >= 15 is 0 Å². The van der Waals surface area contributed by atoms with Crippen molar-refractivity contribution in [3.63, 3.8) is 0 Å². The third-order valence-corrected chi connectivity index (χ3v) is 4.12. The lowest BCUT2D eigenvalue weighted by atomic mass is 10.1. The van der Waals surface area contributed by atoms with Gasteiger partial charge in [0.1, 0.15) is 17.5 Å². The molecule has 0 radical (unpaired) electrons. The zero-order chi connectivity index (χ0) is 15.5. The smallest absolute Gasteiger partial charge is 0.410 e. The van der Waals surface area contributed by atoms with Crippen LogP contribution in [0.4, 0.5) is 4.79 Å². The lowest BCUT2D eigenvalue weighted by Gasteiger charge is -2.33. The number of hydrogen-bond donors (Lipinski definition) is 0. The lowest BCUT2D eigenvalue weighted by Crippen LogP contribution is -2.44. The van der Waals surface area contributed by atoms with Gasteiger partial charge in [-0.3, -0.25) is 0 Å². The Morgan fingerprint density at radius 1 is 1.24 bits per heavy atom. The van der Waals surface area contributed by atoms with Gasteiger partial charge in [0.05, 0.1) is 3.57 Å². The first-order valence-corrected chi connectivity index (χ1v) is 8.32. The van der Waals surface area contributed by atoms with Gasteiger partial charge in [-0.25, -0.2) is 4.79 Å². The number of piperidine rings is 1. The van der Waals surface area contributed by atoms with Gasteiger partial charge in [0, 0.05) is 25.9 Å². The first-order chi connectivity index (χ1) is 9.85. The molecule has 2 rings (SSSR count). The second-order valence-corrected chi connectivity index (χ2v) is 7.38. The predicted octanol–water partition coefficient (Wildman–Crippen LogP) is 4.07. The van der Waals surface area contributed by atoms with Gasteiger partial charge in [0.25, 0.3) is 0 Å². The number of carbonyl (C=O) groups excluding carboxylic acids is 1. The van der Waals surface area contributed by atoms with Gasteiger partial charge in [0.2, 0.25) is 0 Å². The summed E-state index contributed by atoms with van der Waals surface area (Å²) in [4.78, 5) is 13.8. The van der Waals surface area contributed by atoms with Crippen LogP contribution in [-0.2, 0) is 4.74 Å². The fourth-order valence-electron chi connectivity index (χ4n) is 2.20. The van der Waals surface area contributed by atoms with Crippen LogP contribution < -0.4 is 4.74 Å². The fraction of sp³-hybridized carbons (Fsp3) is 0.562. The molecule has 1 heterocycles. The van der Waals surface area contributed by atoms with Gasteiger partial charge in [-0.1, -0.05) is 12.1 Å². The van der Waals surface area contributed by atoms with Crippen molar-refractivity contribution in [2.24, 2.45) is 0 Å². The van der Waals surface area contributed by atoms with E-state index < -0.39 is 5.60 Å². The topological polar surface area (TPSA) is 38.8 Å². The highest BCUT2D eigenvalue weighted by molar-refractivity contribution is 14.1. The number of halogens is 1. The van der Waals surface area contributed by atoms with E-state index in [-0.39, 0.29) is 12.2 Å². The number of rotatable bonds is 2. The van der Waals surface area contributed by atoms with E-state index in [4.69, 9.17) is 9.47 Å². The Labute approximate surface area is 139 Å². The van der Waals surface area contributed by atoms with Gasteiger partial charge in [0.15, 0.2) is 0 Å². The van der Waals surface area contributed by atoms with Gasteiger partial charge < -0.3 is 14.4 Å². The van der Waals surface area contributed by atoms with Crippen LogP contribution in [0.5, 0.6) is 5.75 Å². The third kappa shape index (κ3) is 5.05. The molecule has 1 aromatic carbocycles. The largest absolute Gasteiger partial charge is 0.489 e. The summed E-state index contributed by atoms with van der Waals surface area (Å²) < 4.78 is 12.5. The molecule has 116 valence electrons. The minimum Gasteiger partial charge on any atom is -0.489 e. The molecule has 0 N–H and O–H groups in total. The molecule has 1 amide bonds. The molecule has 0 atom stereocenters. The van der Waals surface area contributed by atoms with Crippen molar-refractivity contribution in [1.29, 1.82) is 0 Å². The van der Waals surface area contributed by atoms with Crippen LogP contribution in [-0.4, -0.2) is 35.8 Å². The van der Waals surface area contributed by atoms with Crippen molar-refractivity contribution in [1.82, 2.24) is 4.90 Å². The SMILES string of the molecule is CC(C)(C)OC(=O)N1CCC(Oc2ccccc2I)CC1. The third-order valence-electron chi connectivity index (χ3n) is 3.22. The number of ether oxygens (including phenoxy) is 2. The number of nitrogens with zero attached hydrogens (tertiary/aromatic N) is 1. The maximum atomic E-state index is 12.0. The predicted molar refractivity (Wildman–Crippen MR) is 90.6 cm³/mol. The summed E-state index contributed by atoms with van der Waals surface area (Å²) in [5, 5.41) is 0. The summed E-state index contributed by atoms with van der Waals surface area (Å²) >= 11 is 2.28. The molecular formula is C16H22INO3. The molecule has 4 nitrogen and oxygen atoms in total. The quantitative estimate of drug-likeness (QED) is 0.699. The van der Waals surface area contributed by atoms with Crippen LogP contribution in [0.2, 0.25) is 0 Å². The maximum Gasteiger partial charge on any atom is 0.410 e. The molecule has 1 aliphatic rings. The minimum absolute atomic E-state index is 0.166. The monoisotopic (exact) mass is 403 g/mol. The van der Waals surface area contributed by atoms with Gasteiger partial charge in [-0.2, -0.15) is 0 Å². The molecule has 0 spiro atoms. The molecule has 1 aliphatic heterocycles. The van der Waals surface area contributed by atoms with E-state index in [0.717, 1.165) is 22.2 Å². The second-order valence-electron chi connectivity index (χ2n) is 6.22. The van der Waals surface area contributed by atoms with E-state index in [1.54, 1.807) is 4.90 Å². The van der Waals surface area contributed by atoms with Crippen molar-refractivity contribution in [2.75, 3.05) is 13.1 Å². The average Bonchev–Trinajstić information content (AvgIpc) is 2.40. The van der Waals surface area contributed by atoms with Crippen LogP contribution in [0.15, 0.2) is 24.3 Å². The highest BCUT2D eigenvalue weighted by Gasteiger charge is 2.27. The number of likely N-dealkylation sites (tertiary alicyclic amines) is 1. The number of amides is 1. The molecule has 5 heteroatoms. The van der Waals surface area contributed by atoms with Crippen molar-refractivity contribution in [3.8, 4) is 5.75 Å². The average molecular weight is 403 g/mol.